The number of benzene rings is 1. The Labute approximate surface area is 222 Å². The van der Waals surface area contributed by atoms with Gasteiger partial charge in [-0.05, 0) is 55.8 Å². The maximum atomic E-state index is 11.9. The van der Waals surface area contributed by atoms with Gasteiger partial charge in [0, 0.05) is 62.3 Å². The fourth-order valence-electron chi connectivity index (χ4n) is 4.73. The Morgan fingerprint density at radius 3 is 2.76 bits per heavy atom. The van der Waals surface area contributed by atoms with Crippen molar-refractivity contribution in [3.05, 3.63) is 60.6 Å². The summed E-state index contributed by atoms with van der Waals surface area (Å²) >= 11 is 0. The van der Waals surface area contributed by atoms with E-state index >= 15 is 0 Å². The van der Waals surface area contributed by atoms with E-state index in [4.69, 9.17) is 15.5 Å². The summed E-state index contributed by atoms with van der Waals surface area (Å²) in [6, 6.07) is 8.96. The summed E-state index contributed by atoms with van der Waals surface area (Å²) < 4.78 is 4.98. The zero-order chi connectivity index (χ0) is 26.5. The number of aromatic nitrogens is 3. The third-order valence-electron chi connectivity index (χ3n) is 6.84. The minimum Gasteiger partial charge on any atom is -0.450 e. The number of imidazole rings is 1. The van der Waals surface area contributed by atoms with Crippen LogP contribution in [0.5, 0.6) is 0 Å². The Balaban J connectivity index is 1.37. The molecule has 5 rings (SSSR count). The van der Waals surface area contributed by atoms with Gasteiger partial charge in [0.2, 0.25) is 5.95 Å². The number of ether oxygens (including phenoxy) is 1. The number of nitrogens with zero attached hydrogens (tertiary/aromatic N) is 5. The van der Waals surface area contributed by atoms with E-state index in [-0.39, 0.29) is 12.6 Å². The third kappa shape index (κ3) is 6.09. The molecule has 3 heterocycles. The first-order valence-corrected chi connectivity index (χ1v) is 13.0. The highest BCUT2D eigenvalue weighted by molar-refractivity contribution is 5.96. The van der Waals surface area contributed by atoms with E-state index in [2.05, 4.69) is 48.8 Å². The van der Waals surface area contributed by atoms with Crippen LogP contribution in [0.25, 0.3) is 27.9 Å². The number of fused-ring (bicyclic) bond motifs is 1. The van der Waals surface area contributed by atoms with Crippen LogP contribution >= 0.6 is 0 Å². The second kappa shape index (κ2) is 11.6. The van der Waals surface area contributed by atoms with E-state index in [1.807, 2.05) is 18.3 Å². The van der Waals surface area contributed by atoms with Gasteiger partial charge >= 0.3 is 6.09 Å². The van der Waals surface area contributed by atoms with Crippen LogP contribution in [0.3, 0.4) is 0 Å². The molecule has 2 aliphatic rings. The van der Waals surface area contributed by atoms with Gasteiger partial charge in [0.05, 0.1) is 29.0 Å². The van der Waals surface area contributed by atoms with Crippen LogP contribution in [0, 0.1) is 0 Å². The Hall–Kier alpha value is -4.02. The normalized spacial score (nSPS) is 17.0. The molecule has 1 aromatic carbocycles. The lowest BCUT2D eigenvalue weighted by Gasteiger charge is -2.34. The highest BCUT2D eigenvalue weighted by Crippen LogP contribution is 2.32. The zero-order valence-electron chi connectivity index (χ0n) is 21.7. The molecule has 2 aromatic heterocycles. The molecule has 1 saturated heterocycles. The SMILES string of the molecule is C=C(/N=C\C=C/N)c1cc(-c2ccc(CN3CCN(C4CC4)CC3)nc2)cc2nc(NC(=O)OCC)[nH]c12. The number of nitrogens with two attached hydrogens (primary N) is 1. The monoisotopic (exact) mass is 514 g/mol. The largest absolute Gasteiger partial charge is 0.450 e. The van der Waals surface area contributed by atoms with Gasteiger partial charge in [0.25, 0.3) is 0 Å². The molecular weight excluding hydrogens is 480 g/mol. The average Bonchev–Trinajstić information content (AvgIpc) is 3.69. The highest BCUT2D eigenvalue weighted by Gasteiger charge is 2.31. The summed E-state index contributed by atoms with van der Waals surface area (Å²) in [4.78, 5) is 33.9. The van der Waals surface area contributed by atoms with Crippen LogP contribution in [-0.2, 0) is 11.3 Å². The Bertz CT molecular complexity index is 1350. The molecule has 1 aliphatic heterocycles. The minimum atomic E-state index is -0.577. The summed E-state index contributed by atoms with van der Waals surface area (Å²) in [5, 5.41) is 2.62. The number of hydrogen-bond acceptors (Lipinski definition) is 8. The number of amides is 1. The lowest BCUT2D eigenvalue weighted by molar-refractivity contribution is 0.120. The van der Waals surface area contributed by atoms with Crippen LogP contribution in [0.4, 0.5) is 10.7 Å². The fraction of sp³-hybridized carbons (Fsp3) is 0.357. The Kier molecular flexibility index (Phi) is 7.81. The first-order valence-electron chi connectivity index (χ1n) is 13.0. The summed E-state index contributed by atoms with van der Waals surface area (Å²) in [7, 11) is 0. The van der Waals surface area contributed by atoms with Crippen molar-refractivity contribution in [1.82, 2.24) is 24.8 Å². The van der Waals surface area contributed by atoms with E-state index < -0.39 is 6.09 Å². The molecule has 1 amide bonds. The number of allylic oxidation sites excluding steroid dienone is 1. The van der Waals surface area contributed by atoms with Crippen molar-refractivity contribution in [1.29, 1.82) is 0 Å². The highest BCUT2D eigenvalue weighted by atomic mass is 16.5. The molecule has 2 fully saturated rings. The standard InChI is InChI=1S/C28H34N8O2/c1-3-38-28(37)34-27-32-25-16-21(15-24(26(25)33-27)19(2)30-10-4-9-29)20-5-6-22(31-17-20)18-35-11-13-36(14-12-35)23-7-8-23/h4-6,9-10,15-17,23H,2-3,7-8,11-14,18,29H2,1H3,(H2,32,33,34,37)/b9-4-,30-10-. The first-order chi connectivity index (χ1) is 18.5. The molecule has 10 nitrogen and oxygen atoms in total. The molecule has 198 valence electrons. The quantitative estimate of drug-likeness (QED) is 0.369. The van der Waals surface area contributed by atoms with Crippen molar-refractivity contribution >= 4 is 35.0 Å². The number of anilines is 1. The second-order valence-electron chi connectivity index (χ2n) is 9.54. The van der Waals surface area contributed by atoms with Gasteiger partial charge in [-0.2, -0.15) is 0 Å². The molecule has 1 saturated carbocycles. The lowest BCUT2D eigenvalue weighted by atomic mass is 10.0. The predicted octanol–water partition coefficient (Wildman–Crippen LogP) is 3.99. The number of rotatable bonds is 9. The lowest BCUT2D eigenvalue weighted by Crippen LogP contribution is -2.46. The van der Waals surface area contributed by atoms with Crippen LogP contribution in [0.2, 0.25) is 0 Å². The van der Waals surface area contributed by atoms with E-state index in [1.54, 1.807) is 19.2 Å². The first kappa shape index (κ1) is 25.6. The van der Waals surface area contributed by atoms with Crippen LogP contribution < -0.4 is 11.1 Å². The summed E-state index contributed by atoms with van der Waals surface area (Å²) in [6.45, 7) is 11.5. The third-order valence-corrected chi connectivity index (χ3v) is 6.84. The fourth-order valence-corrected chi connectivity index (χ4v) is 4.73. The van der Waals surface area contributed by atoms with Crippen molar-refractivity contribution in [2.75, 3.05) is 38.1 Å². The zero-order valence-corrected chi connectivity index (χ0v) is 21.7. The number of nitrogens with one attached hydrogen (secondary N) is 2. The van der Waals surface area contributed by atoms with Gasteiger partial charge < -0.3 is 15.5 Å². The maximum absolute atomic E-state index is 11.9. The van der Waals surface area contributed by atoms with Gasteiger partial charge in [-0.1, -0.05) is 12.6 Å². The van der Waals surface area contributed by atoms with E-state index in [9.17, 15) is 4.79 Å². The van der Waals surface area contributed by atoms with Crippen molar-refractivity contribution in [3.63, 3.8) is 0 Å². The van der Waals surface area contributed by atoms with Crippen molar-refractivity contribution in [3.8, 4) is 11.1 Å². The molecule has 0 radical (unpaired) electrons. The number of carbonyl (C=O) groups is 1. The number of H-pyrrole nitrogens is 1. The van der Waals surface area contributed by atoms with Crippen LogP contribution in [-0.4, -0.2) is 75.9 Å². The molecule has 0 bridgehead atoms. The van der Waals surface area contributed by atoms with Crippen molar-refractivity contribution in [2.24, 2.45) is 10.7 Å². The van der Waals surface area contributed by atoms with Gasteiger partial charge in [0.15, 0.2) is 0 Å². The molecule has 0 atom stereocenters. The van der Waals surface area contributed by atoms with Crippen molar-refractivity contribution in [2.45, 2.75) is 32.4 Å². The number of pyridine rings is 1. The van der Waals surface area contributed by atoms with Crippen LogP contribution in [0.1, 0.15) is 31.0 Å². The number of piperazine rings is 1. The smallest absolute Gasteiger partial charge is 0.413 e. The molecule has 10 heteroatoms. The predicted molar refractivity (Wildman–Crippen MR) is 151 cm³/mol. The molecule has 0 spiro atoms. The maximum Gasteiger partial charge on any atom is 0.413 e. The van der Waals surface area contributed by atoms with E-state index in [1.165, 1.54) is 19.0 Å². The molecule has 4 N–H and O–H groups in total. The second-order valence-corrected chi connectivity index (χ2v) is 9.54. The molecular formula is C28H34N8O2. The van der Waals surface area contributed by atoms with Crippen LogP contribution in [0.15, 0.2) is 54.3 Å². The minimum absolute atomic E-state index is 0.265. The van der Waals surface area contributed by atoms with Gasteiger partial charge in [-0.15, -0.1) is 0 Å². The van der Waals surface area contributed by atoms with Gasteiger partial charge in [0.1, 0.15) is 0 Å². The summed E-state index contributed by atoms with van der Waals surface area (Å²) in [5.41, 5.74) is 11.0. The topological polar surface area (TPSA) is 125 Å². The van der Waals surface area contributed by atoms with Gasteiger partial charge in [-0.3, -0.25) is 25.1 Å². The van der Waals surface area contributed by atoms with Gasteiger partial charge in [-0.25, -0.2) is 9.78 Å². The average molecular weight is 515 g/mol. The van der Waals surface area contributed by atoms with E-state index in [0.717, 1.165) is 61.1 Å². The molecule has 3 aromatic rings. The summed E-state index contributed by atoms with van der Waals surface area (Å²) in [5.74, 6) is 0.283. The van der Waals surface area contributed by atoms with Crippen molar-refractivity contribution < 1.29 is 9.53 Å². The number of aromatic amines is 1. The summed E-state index contributed by atoms with van der Waals surface area (Å²) in [6.07, 6.45) is 8.66. The Morgan fingerprint density at radius 1 is 1.26 bits per heavy atom. The molecule has 0 unspecified atom stereocenters. The van der Waals surface area contributed by atoms with E-state index in [0.29, 0.717) is 16.7 Å². The molecule has 38 heavy (non-hydrogen) atoms. The Morgan fingerprint density at radius 2 is 2.08 bits per heavy atom. The number of carbonyl (C=O) groups excluding carboxylic acids is 1. The number of aliphatic imine (C=N–C) groups is 1. The molecule has 1 aliphatic carbocycles. The number of hydrogen-bond donors (Lipinski definition) is 3.